The molecule has 0 saturated heterocycles. The molecule has 114 valence electrons. The van der Waals surface area contributed by atoms with Gasteiger partial charge in [-0.15, -0.1) is 0 Å². The Balaban J connectivity index is 0.00000122. The largest absolute Gasteiger partial charge is 0.467 e. The Kier molecular flexibility index (Phi) is 8.47. The van der Waals surface area contributed by atoms with E-state index in [0.29, 0.717) is 5.56 Å². The lowest BCUT2D eigenvalue weighted by molar-refractivity contribution is -0.143. The summed E-state index contributed by atoms with van der Waals surface area (Å²) in [6, 6.07) is 5.44. The molecule has 0 saturated carbocycles. The van der Waals surface area contributed by atoms with Crippen LogP contribution in [0.4, 0.5) is 0 Å². The zero-order valence-electron chi connectivity index (χ0n) is 11.7. The smallest absolute Gasteiger partial charge is 0.336 e. The molecular formula is C13H15NO6S. The molecule has 0 heterocycles. The Hall–Kier alpha value is -2.35. The third-order valence-electron chi connectivity index (χ3n) is 2.38. The second-order valence-corrected chi connectivity index (χ2v) is 4.09. The molecule has 1 aromatic rings. The van der Waals surface area contributed by atoms with Gasteiger partial charge in [-0.2, -0.15) is 8.42 Å². The first kappa shape index (κ1) is 18.7. The Morgan fingerprint density at radius 2 is 1.62 bits per heavy atom. The van der Waals surface area contributed by atoms with Gasteiger partial charge in [0, 0.05) is 12.5 Å². The summed E-state index contributed by atoms with van der Waals surface area (Å²) in [6.07, 6.45) is 0. The van der Waals surface area contributed by atoms with Crippen molar-refractivity contribution in [3.8, 4) is 0 Å². The van der Waals surface area contributed by atoms with Gasteiger partial charge < -0.3 is 10.1 Å². The Morgan fingerprint density at radius 3 is 2.00 bits per heavy atom. The summed E-state index contributed by atoms with van der Waals surface area (Å²) >= 11 is -0.750. The highest BCUT2D eigenvalue weighted by Crippen LogP contribution is 2.07. The summed E-state index contributed by atoms with van der Waals surface area (Å²) in [7, 11) is 1.17. The number of esters is 1. The van der Waals surface area contributed by atoms with Crippen molar-refractivity contribution in [1.82, 2.24) is 5.32 Å². The standard InChI is InChI=1S/C13H15NO4.O2S/c1-8-4-6-10(7-5-8)12(16)11(13(17)18-3)14-9(2)15;1-3-2/h4-7,11H,1-3H3,(H,14,15);. The molecule has 1 amide bonds. The molecule has 1 aromatic carbocycles. The number of hydrogen-bond donors (Lipinski definition) is 1. The maximum Gasteiger partial charge on any atom is 0.336 e. The number of carbonyl (C=O) groups is 3. The molecule has 0 spiro atoms. The molecule has 0 fully saturated rings. The second-order valence-electron chi connectivity index (χ2n) is 3.96. The van der Waals surface area contributed by atoms with Crippen LogP contribution < -0.4 is 5.32 Å². The Labute approximate surface area is 125 Å². The number of ether oxygens (including phenoxy) is 1. The number of aryl methyl sites for hydroxylation is 1. The van der Waals surface area contributed by atoms with Crippen molar-refractivity contribution in [2.75, 3.05) is 7.11 Å². The van der Waals surface area contributed by atoms with Crippen LogP contribution in [0.15, 0.2) is 24.3 Å². The first-order valence-electron chi connectivity index (χ1n) is 5.75. The van der Waals surface area contributed by atoms with Crippen molar-refractivity contribution in [2.24, 2.45) is 0 Å². The number of methoxy groups -OCH3 is 1. The van der Waals surface area contributed by atoms with Crippen molar-refractivity contribution in [3.63, 3.8) is 0 Å². The van der Waals surface area contributed by atoms with Crippen LogP contribution in [0.5, 0.6) is 0 Å². The van der Waals surface area contributed by atoms with Crippen LogP contribution in [0.3, 0.4) is 0 Å². The van der Waals surface area contributed by atoms with E-state index in [4.69, 9.17) is 8.42 Å². The van der Waals surface area contributed by atoms with Crippen LogP contribution in [0.25, 0.3) is 0 Å². The van der Waals surface area contributed by atoms with E-state index in [9.17, 15) is 14.4 Å². The average molecular weight is 313 g/mol. The van der Waals surface area contributed by atoms with Gasteiger partial charge in [0.15, 0.2) is 11.8 Å². The van der Waals surface area contributed by atoms with E-state index in [1.165, 1.54) is 14.0 Å². The highest BCUT2D eigenvalue weighted by molar-refractivity contribution is 7.51. The average Bonchev–Trinajstić information content (AvgIpc) is 2.44. The van der Waals surface area contributed by atoms with Crippen LogP contribution in [-0.2, 0) is 25.9 Å². The molecule has 21 heavy (non-hydrogen) atoms. The lowest BCUT2D eigenvalue weighted by atomic mass is 10.0. The quantitative estimate of drug-likeness (QED) is 0.483. The van der Waals surface area contributed by atoms with E-state index in [2.05, 4.69) is 10.1 Å². The van der Waals surface area contributed by atoms with Crippen LogP contribution in [0, 0.1) is 6.92 Å². The molecule has 0 radical (unpaired) electrons. The van der Waals surface area contributed by atoms with Crippen molar-refractivity contribution >= 4 is 29.2 Å². The van der Waals surface area contributed by atoms with Crippen molar-refractivity contribution < 1.29 is 27.5 Å². The summed E-state index contributed by atoms with van der Waals surface area (Å²) < 4.78 is 21.1. The summed E-state index contributed by atoms with van der Waals surface area (Å²) in [6.45, 7) is 3.12. The number of ketones is 1. The monoisotopic (exact) mass is 313 g/mol. The third-order valence-corrected chi connectivity index (χ3v) is 2.38. The van der Waals surface area contributed by atoms with Gasteiger partial charge in [-0.05, 0) is 6.92 Å². The molecule has 1 N–H and O–H groups in total. The Morgan fingerprint density at radius 1 is 1.14 bits per heavy atom. The van der Waals surface area contributed by atoms with Crippen molar-refractivity contribution in [1.29, 1.82) is 0 Å². The first-order valence-corrected chi connectivity index (χ1v) is 6.41. The van der Waals surface area contributed by atoms with Gasteiger partial charge >= 0.3 is 17.5 Å². The minimum Gasteiger partial charge on any atom is -0.467 e. The van der Waals surface area contributed by atoms with Crippen LogP contribution in [0.2, 0.25) is 0 Å². The summed E-state index contributed by atoms with van der Waals surface area (Å²) in [4.78, 5) is 34.5. The van der Waals surface area contributed by atoms with Crippen molar-refractivity contribution in [3.05, 3.63) is 35.4 Å². The zero-order valence-corrected chi connectivity index (χ0v) is 12.6. The topological polar surface area (TPSA) is 107 Å². The maximum atomic E-state index is 12.1. The van der Waals surface area contributed by atoms with E-state index in [0.717, 1.165) is 5.56 Å². The van der Waals surface area contributed by atoms with Gasteiger partial charge in [0.05, 0.1) is 7.11 Å². The SMILES string of the molecule is COC(=O)C(NC(C)=O)C(=O)c1ccc(C)cc1.O=S=O. The maximum absolute atomic E-state index is 12.1. The molecule has 1 atom stereocenters. The van der Waals surface area contributed by atoms with Gasteiger partial charge in [-0.3, -0.25) is 9.59 Å². The number of hydrogen-bond acceptors (Lipinski definition) is 6. The van der Waals surface area contributed by atoms with E-state index in [1.54, 1.807) is 24.3 Å². The predicted molar refractivity (Wildman–Crippen MR) is 74.1 cm³/mol. The highest BCUT2D eigenvalue weighted by Gasteiger charge is 2.29. The molecule has 0 aromatic heterocycles. The van der Waals surface area contributed by atoms with Gasteiger partial charge in [0.2, 0.25) is 5.91 Å². The fraction of sp³-hybridized carbons (Fsp3) is 0.308. The fourth-order valence-corrected chi connectivity index (χ4v) is 1.44. The van der Waals surface area contributed by atoms with E-state index in [-0.39, 0.29) is 0 Å². The predicted octanol–water partition coefficient (Wildman–Crippen LogP) is 0.185. The van der Waals surface area contributed by atoms with Gasteiger partial charge in [0.25, 0.3) is 0 Å². The van der Waals surface area contributed by atoms with E-state index >= 15 is 0 Å². The lowest BCUT2D eigenvalue weighted by Gasteiger charge is -2.14. The summed E-state index contributed by atoms with van der Waals surface area (Å²) in [5.74, 6) is -1.74. The van der Waals surface area contributed by atoms with Crippen LogP contribution in [-0.4, -0.2) is 39.2 Å². The fourth-order valence-electron chi connectivity index (χ4n) is 1.44. The molecular weight excluding hydrogens is 298 g/mol. The molecule has 0 bridgehead atoms. The van der Waals surface area contributed by atoms with Gasteiger partial charge in [-0.1, -0.05) is 29.8 Å². The minimum absolute atomic E-state index is 0.352. The van der Waals surface area contributed by atoms with Gasteiger partial charge in [0.1, 0.15) is 0 Å². The number of nitrogens with one attached hydrogen (secondary N) is 1. The van der Waals surface area contributed by atoms with Crippen LogP contribution >= 0.6 is 0 Å². The number of amides is 1. The highest BCUT2D eigenvalue weighted by atomic mass is 32.1. The van der Waals surface area contributed by atoms with E-state index in [1.807, 2.05) is 6.92 Å². The van der Waals surface area contributed by atoms with Crippen molar-refractivity contribution in [2.45, 2.75) is 19.9 Å². The normalized spacial score (nSPS) is 10.4. The molecule has 7 nitrogen and oxygen atoms in total. The zero-order chi connectivity index (χ0) is 16.4. The molecule has 0 aliphatic carbocycles. The van der Waals surface area contributed by atoms with Gasteiger partial charge in [-0.25, -0.2) is 4.79 Å². The molecule has 1 rings (SSSR count). The second kappa shape index (κ2) is 9.54. The number of carbonyl (C=O) groups excluding carboxylic acids is 3. The molecule has 8 heteroatoms. The lowest BCUT2D eigenvalue weighted by Crippen LogP contribution is -2.46. The number of rotatable bonds is 4. The number of Topliss-reactive ketones (excluding diaryl/α,β-unsaturated/α-hetero) is 1. The summed E-state index contributed by atoms with van der Waals surface area (Å²) in [5.41, 5.74) is 1.35. The summed E-state index contributed by atoms with van der Waals surface area (Å²) in [5, 5.41) is 2.28. The molecule has 0 aliphatic heterocycles. The third kappa shape index (κ3) is 6.57. The number of benzene rings is 1. The van der Waals surface area contributed by atoms with E-state index < -0.39 is 35.3 Å². The minimum atomic E-state index is -1.30. The molecule has 1 unspecified atom stereocenters. The first-order chi connectivity index (χ1) is 9.87. The Bertz CT molecular complexity index is 548. The van der Waals surface area contributed by atoms with Crippen LogP contribution in [0.1, 0.15) is 22.8 Å². The molecule has 0 aliphatic rings.